The first-order valence-electron chi connectivity index (χ1n) is 6.92. The summed E-state index contributed by atoms with van der Waals surface area (Å²) in [6.45, 7) is 0. The van der Waals surface area contributed by atoms with Crippen molar-refractivity contribution in [1.29, 1.82) is 0 Å². The maximum atomic E-state index is 13.3. The number of rotatable bonds is 5. The predicted octanol–water partition coefficient (Wildman–Crippen LogP) is -1.53. The van der Waals surface area contributed by atoms with Crippen molar-refractivity contribution >= 4 is 44.6 Å². The molecule has 4 nitrogen and oxygen atoms in total. The van der Waals surface area contributed by atoms with Gasteiger partial charge in [-0.05, 0) is 11.0 Å². The molecule has 0 aliphatic rings. The van der Waals surface area contributed by atoms with Crippen molar-refractivity contribution in [2.75, 3.05) is 5.75 Å². The SMILES string of the molecule is BCc1cc(B)cc(B)c1OC(CS(=O)(=O)O)(C(F)(F)F)C(F)(F)F. The fourth-order valence-corrected chi connectivity index (χ4v) is 3.25. The Morgan fingerprint density at radius 1 is 1.04 bits per heavy atom. The summed E-state index contributed by atoms with van der Waals surface area (Å²) < 4.78 is 115. The average molecular weight is 388 g/mol. The molecule has 14 heteroatoms. The summed E-state index contributed by atoms with van der Waals surface area (Å²) >= 11 is 0. The van der Waals surface area contributed by atoms with E-state index in [0.717, 1.165) is 0 Å². The van der Waals surface area contributed by atoms with E-state index in [0.29, 0.717) is 5.46 Å². The lowest BCUT2D eigenvalue weighted by Crippen LogP contribution is -2.65. The maximum Gasteiger partial charge on any atom is 0.438 e. The lowest BCUT2D eigenvalue weighted by Gasteiger charge is -2.37. The molecule has 0 aromatic heterocycles. The molecule has 1 rings (SSSR count). The zero-order valence-corrected chi connectivity index (χ0v) is 14.2. The molecule has 0 aliphatic carbocycles. The summed E-state index contributed by atoms with van der Waals surface area (Å²) in [7, 11) is -1.35. The van der Waals surface area contributed by atoms with Crippen molar-refractivity contribution in [3.63, 3.8) is 0 Å². The van der Waals surface area contributed by atoms with Crippen LogP contribution < -0.4 is 15.7 Å². The van der Waals surface area contributed by atoms with Gasteiger partial charge in [0.15, 0.2) is 0 Å². The fourth-order valence-electron chi connectivity index (χ4n) is 2.35. The van der Waals surface area contributed by atoms with Crippen LogP contribution in [0.3, 0.4) is 0 Å². The first-order chi connectivity index (χ1) is 11.0. The zero-order valence-electron chi connectivity index (χ0n) is 13.4. The highest BCUT2D eigenvalue weighted by atomic mass is 32.2. The molecule has 0 saturated heterocycles. The molecule has 0 unspecified atom stereocenters. The highest BCUT2D eigenvalue weighted by Crippen LogP contribution is 2.47. The van der Waals surface area contributed by atoms with Crippen LogP contribution in [0, 0.1) is 0 Å². The smallest absolute Gasteiger partial charge is 0.438 e. The van der Waals surface area contributed by atoms with Crippen molar-refractivity contribution in [2.24, 2.45) is 0 Å². The van der Waals surface area contributed by atoms with Crippen LogP contribution in [0.25, 0.3) is 0 Å². The number of alkyl halides is 6. The van der Waals surface area contributed by atoms with Crippen LogP contribution in [-0.2, 0) is 16.4 Å². The Kier molecular flexibility index (Phi) is 5.90. The number of hydrogen-bond donors (Lipinski definition) is 1. The molecule has 0 amide bonds. The summed E-state index contributed by atoms with van der Waals surface area (Å²) in [5, 5.41) is 0. The third kappa shape index (κ3) is 4.66. The lowest BCUT2D eigenvalue weighted by molar-refractivity contribution is -0.348. The molecular weight excluding hydrogens is 375 g/mol. The van der Waals surface area contributed by atoms with Gasteiger partial charge >= 0.3 is 18.0 Å². The molecule has 0 radical (unpaired) electrons. The first kappa shape index (κ1) is 21.7. The second-order valence-corrected chi connectivity index (χ2v) is 7.03. The number of hydrogen-bond acceptors (Lipinski definition) is 3. The van der Waals surface area contributed by atoms with Crippen molar-refractivity contribution in [3.05, 3.63) is 17.7 Å². The Labute approximate surface area is 142 Å². The zero-order chi connectivity index (χ0) is 19.8. The van der Waals surface area contributed by atoms with Crippen LogP contribution >= 0.6 is 0 Å². The molecule has 1 N–H and O–H groups in total. The maximum absolute atomic E-state index is 13.3. The van der Waals surface area contributed by atoms with Gasteiger partial charge in [0, 0.05) is 0 Å². The molecule has 0 saturated carbocycles. The quantitative estimate of drug-likeness (QED) is 0.378. The van der Waals surface area contributed by atoms with E-state index in [4.69, 9.17) is 4.55 Å². The number of benzene rings is 1. The molecule has 0 atom stereocenters. The Morgan fingerprint density at radius 3 is 1.88 bits per heavy atom. The van der Waals surface area contributed by atoms with Gasteiger partial charge in [-0.15, -0.1) is 0 Å². The van der Waals surface area contributed by atoms with Gasteiger partial charge in [0.1, 0.15) is 35.0 Å². The average Bonchev–Trinajstić information content (AvgIpc) is 2.36. The Hall–Kier alpha value is -1.30. The highest BCUT2D eigenvalue weighted by Gasteiger charge is 2.75. The van der Waals surface area contributed by atoms with Crippen LogP contribution in [0.15, 0.2) is 12.1 Å². The van der Waals surface area contributed by atoms with Gasteiger partial charge in [0.05, 0.1) is 0 Å². The molecule has 25 heavy (non-hydrogen) atoms. The summed E-state index contributed by atoms with van der Waals surface area (Å²) in [4.78, 5) is 0. The van der Waals surface area contributed by atoms with Crippen LogP contribution in [0.1, 0.15) is 5.56 Å². The fraction of sp³-hybridized carbons (Fsp3) is 0.455. The van der Waals surface area contributed by atoms with Crippen LogP contribution in [0.2, 0.25) is 0 Å². The van der Waals surface area contributed by atoms with Crippen molar-refractivity contribution < 1.29 is 44.0 Å². The molecule has 0 fully saturated rings. The molecule has 1 aromatic carbocycles. The lowest BCUT2D eigenvalue weighted by atomic mass is 9.81. The van der Waals surface area contributed by atoms with Crippen LogP contribution in [0.4, 0.5) is 26.3 Å². The highest BCUT2D eigenvalue weighted by molar-refractivity contribution is 7.85. The third-order valence-electron chi connectivity index (χ3n) is 3.45. The van der Waals surface area contributed by atoms with E-state index >= 15 is 0 Å². The number of ether oxygens (including phenoxy) is 1. The minimum atomic E-state index is -6.15. The van der Waals surface area contributed by atoms with E-state index in [2.05, 4.69) is 4.74 Å². The van der Waals surface area contributed by atoms with E-state index in [-0.39, 0.29) is 17.3 Å². The van der Waals surface area contributed by atoms with E-state index in [1.807, 2.05) is 0 Å². The Morgan fingerprint density at radius 2 is 1.52 bits per heavy atom. The molecule has 138 valence electrons. The molecule has 0 aliphatic heterocycles. The first-order valence-corrected chi connectivity index (χ1v) is 8.52. The largest absolute Gasteiger partial charge is 0.468 e. The van der Waals surface area contributed by atoms with Gasteiger partial charge in [-0.3, -0.25) is 4.55 Å². The van der Waals surface area contributed by atoms with E-state index in [1.54, 1.807) is 7.85 Å². The third-order valence-corrected chi connectivity index (χ3v) is 4.23. The van der Waals surface area contributed by atoms with Gasteiger partial charge in [-0.25, -0.2) is 0 Å². The summed E-state index contributed by atoms with van der Waals surface area (Å²) in [6.07, 6.45) is -12.2. The summed E-state index contributed by atoms with van der Waals surface area (Å²) in [5.74, 6) is -3.42. The second-order valence-electron chi connectivity index (χ2n) is 5.57. The van der Waals surface area contributed by atoms with Crippen molar-refractivity contribution in [3.8, 4) is 5.75 Å². The minimum absolute atomic E-state index is 0.0231. The van der Waals surface area contributed by atoms with Gasteiger partial charge in [-0.2, -0.15) is 34.8 Å². The second kappa shape index (κ2) is 6.78. The topological polar surface area (TPSA) is 63.6 Å². The molecule has 0 heterocycles. The monoisotopic (exact) mass is 388 g/mol. The molecular formula is C11H13B3F6O4S. The molecule has 0 bridgehead atoms. The normalized spacial score (nSPS) is 13.7. The Balaban J connectivity index is 3.72. The van der Waals surface area contributed by atoms with E-state index in [1.165, 1.54) is 27.8 Å². The van der Waals surface area contributed by atoms with Gasteiger partial charge in [-0.1, -0.05) is 23.9 Å². The van der Waals surface area contributed by atoms with Crippen molar-refractivity contribution in [1.82, 2.24) is 0 Å². The molecule has 0 spiro atoms. The van der Waals surface area contributed by atoms with Gasteiger partial charge in [0.25, 0.3) is 10.1 Å². The van der Waals surface area contributed by atoms with Gasteiger partial charge < -0.3 is 4.74 Å². The van der Waals surface area contributed by atoms with E-state index < -0.39 is 39.6 Å². The van der Waals surface area contributed by atoms with Crippen LogP contribution in [-0.4, -0.2) is 60.2 Å². The summed E-state index contributed by atoms with van der Waals surface area (Å²) in [6, 6.07) is 2.65. The molecule has 1 aromatic rings. The standard InChI is InChI=1S/C11H13B3F6O4S/c12-3-5-1-6(13)2-7(14)8(5)24-9(10(15,16)17,11(18,19)20)4-25(21,22)23/h1-2H,3-4,12-14H2,(H,21,22,23). The van der Waals surface area contributed by atoms with E-state index in [9.17, 15) is 34.8 Å². The summed E-state index contributed by atoms with van der Waals surface area (Å²) in [5.41, 5.74) is -4.49. The van der Waals surface area contributed by atoms with Gasteiger partial charge in [0.2, 0.25) is 0 Å². The van der Waals surface area contributed by atoms with Crippen molar-refractivity contribution in [2.45, 2.75) is 24.3 Å². The predicted molar refractivity (Wildman–Crippen MR) is 86.9 cm³/mol. The van der Waals surface area contributed by atoms with Crippen LogP contribution in [0.5, 0.6) is 5.75 Å². The minimum Gasteiger partial charge on any atom is -0.468 e. The Bertz CT molecular complexity index is 733. The number of halogens is 6.